The first kappa shape index (κ1) is 12.4. The van der Waals surface area contributed by atoms with Gasteiger partial charge in [0, 0.05) is 25.5 Å². The van der Waals surface area contributed by atoms with E-state index in [0.29, 0.717) is 12.1 Å². The summed E-state index contributed by atoms with van der Waals surface area (Å²) in [6, 6.07) is 9.98. The van der Waals surface area contributed by atoms with Crippen molar-refractivity contribution >= 4 is 5.91 Å². The van der Waals surface area contributed by atoms with Gasteiger partial charge in [0.1, 0.15) is 5.82 Å². The lowest BCUT2D eigenvalue weighted by Gasteiger charge is -2.06. The number of rotatable bonds is 5. The van der Waals surface area contributed by atoms with Crippen LogP contribution in [0, 0.1) is 5.82 Å². The largest absolute Gasteiger partial charge is 0.354 e. The summed E-state index contributed by atoms with van der Waals surface area (Å²) in [4.78, 5) is 11.6. The van der Waals surface area contributed by atoms with E-state index in [-0.39, 0.29) is 18.1 Å². The summed E-state index contributed by atoms with van der Waals surface area (Å²) < 4.78 is 14.9. The molecule has 0 atom stereocenters. The molecular weight excluding hydrogens is 231 g/mol. The van der Waals surface area contributed by atoms with Crippen molar-refractivity contribution in [3.8, 4) is 0 Å². The molecule has 0 bridgehead atoms. The minimum Gasteiger partial charge on any atom is -0.354 e. The van der Waals surface area contributed by atoms with Crippen molar-refractivity contribution in [3.05, 3.63) is 60.2 Å². The molecule has 2 rings (SSSR count). The van der Waals surface area contributed by atoms with Crippen LogP contribution in [0.15, 0.2) is 48.8 Å². The highest BCUT2D eigenvalue weighted by molar-refractivity contribution is 5.78. The first-order chi connectivity index (χ1) is 8.74. The molecular formula is C14H15FN2O. The van der Waals surface area contributed by atoms with Crippen molar-refractivity contribution in [1.82, 2.24) is 9.88 Å². The summed E-state index contributed by atoms with van der Waals surface area (Å²) in [5, 5.41) is 2.81. The van der Waals surface area contributed by atoms with E-state index in [0.717, 1.165) is 6.54 Å². The zero-order valence-electron chi connectivity index (χ0n) is 9.97. The minimum absolute atomic E-state index is 0.0900. The number of nitrogens with one attached hydrogen (secondary N) is 1. The van der Waals surface area contributed by atoms with Crippen molar-refractivity contribution in [2.45, 2.75) is 13.0 Å². The molecule has 1 heterocycles. The van der Waals surface area contributed by atoms with Crippen molar-refractivity contribution in [3.63, 3.8) is 0 Å². The van der Waals surface area contributed by atoms with Crippen LogP contribution in [0.25, 0.3) is 0 Å². The number of halogens is 1. The quantitative estimate of drug-likeness (QED) is 0.860. The number of nitrogens with zero attached hydrogens (tertiary/aromatic N) is 1. The van der Waals surface area contributed by atoms with Crippen LogP contribution < -0.4 is 5.32 Å². The number of hydrogen-bond acceptors (Lipinski definition) is 1. The van der Waals surface area contributed by atoms with Crippen molar-refractivity contribution in [1.29, 1.82) is 0 Å². The molecule has 0 spiro atoms. The molecule has 0 aliphatic rings. The van der Waals surface area contributed by atoms with Gasteiger partial charge >= 0.3 is 0 Å². The zero-order valence-corrected chi connectivity index (χ0v) is 9.97. The van der Waals surface area contributed by atoms with Gasteiger partial charge in [0.05, 0.1) is 6.42 Å². The summed E-state index contributed by atoms with van der Waals surface area (Å²) in [5.74, 6) is -0.402. The van der Waals surface area contributed by atoms with Crippen LogP contribution in [0.5, 0.6) is 0 Å². The van der Waals surface area contributed by atoms with Crippen LogP contribution in [-0.4, -0.2) is 17.0 Å². The normalized spacial score (nSPS) is 10.3. The van der Waals surface area contributed by atoms with Gasteiger partial charge in [0.25, 0.3) is 0 Å². The van der Waals surface area contributed by atoms with Gasteiger partial charge < -0.3 is 9.88 Å². The molecule has 1 aromatic carbocycles. The second kappa shape index (κ2) is 6.00. The third-order valence-electron chi connectivity index (χ3n) is 2.61. The maximum atomic E-state index is 12.9. The Kier molecular flexibility index (Phi) is 4.12. The molecule has 18 heavy (non-hydrogen) atoms. The number of carbonyl (C=O) groups is 1. The third kappa shape index (κ3) is 3.73. The van der Waals surface area contributed by atoms with Gasteiger partial charge in [0.15, 0.2) is 0 Å². The fourth-order valence-electron chi connectivity index (χ4n) is 1.74. The highest BCUT2D eigenvalue weighted by Crippen LogP contribution is 2.03. The van der Waals surface area contributed by atoms with Gasteiger partial charge in [-0.15, -0.1) is 0 Å². The molecule has 0 aliphatic heterocycles. The van der Waals surface area contributed by atoms with Crippen LogP contribution in [0.4, 0.5) is 4.39 Å². The highest BCUT2D eigenvalue weighted by Gasteiger charge is 2.03. The Balaban J connectivity index is 1.75. The van der Waals surface area contributed by atoms with Gasteiger partial charge in [-0.25, -0.2) is 4.39 Å². The number of carbonyl (C=O) groups excluding carboxylic acids is 1. The molecule has 94 valence electrons. The van der Waals surface area contributed by atoms with Crippen LogP contribution in [-0.2, 0) is 17.8 Å². The molecule has 0 unspecified atom stereocenters. The lowest BCUT2D eigenvalue weighted by molar-refractivity contribution is -0.120. The number of amides is 1. The summed E-state index contributed by atoms with van der Waals surface area (Å²) >= 11 is 0. The number of aromatic nitrogens is 1. The van der Waals surface area contributed by atoms with E-state index in [2.05, 4.69) is 5.32 Å². The summed E-state index contributed by atoms with van der Waals surface area (Å²) in [6.45, 7) is 1.31. The zero-order chi connectivity index (χ0) is 12.8. The maximum Gasteiger partial charge on any atom is 0.224 e. The highest BCUT2D eigenvalue weighted by atomic mass is 19.1. The summed E-state index contributed by atoms with van der Waals surface area (Å²) in [5.41, 5.74) is 0.688. The fourth-order valence-corrected chi connectivity index (χ4v) is 1.74. The topological polar surface area (TPSA) is 34.0 Å². The summed E-state index contributed by atoms with van der Waals surface area (Å²) in [6.07, 6.45) is 4.10. The lowest BCUT2D eigenvalue weighted by atomic mass is 10.1. The van der Waals surface area contributed by atoms with Crippen LogP contribution in [0.2, 0.25) is 0 Å². The molecule has 0 radical (unpaired) electrons. The molecule has 3 nitrogen and oxygen atoms in total. The summed E-state index contributed by atoms with van der Waals surface area (Å²) in [7, 11) is 0. The second-order valence-electron chi connectivity index (χ2n) is 4.08. The Morgan fingerprint density at radius 1 is 1.22 bits per heavy atom. The molecule has 0 aliphatic carbocycles. The Morgan fingerprint density at radius 2 is 2.00 bits per heavy atom. The second-order valence-corrected chi connectivity index (χ2v) is 4.08. The average Bonchev–Trinajstić information content (AvgIpc) is 2.82. The average molecular weight is 246 g/mol. The van der Waals surface area contributed by atoms with Crippen LogP contribution in [0.1, 0.15) is 5.56 Å². The molecule has 0 saturated heterocycles. The van der Waals surface area contributed by atoms with Crippen molar-refractivity contribution in [2.24, 2.45) is 0 Å². The number of hydrogen-bond donors (Lipinski definition) is 1. The van der Waals surface area contributed by atoms with Crippen LogP contribution in [0.3, 0.4) is 0 Å². The Labute approximate surface area is 105 Å². The Morgan fingerprint density at radius 3 is 2.72 bits per heavy atom. The van der Waals surface area contributed by atoms with E-state index in [4.69, 9.17) is 0 Å². The molecule has 1 amide bonds. The first-order valence-electron chi connectivity index (χ1n) is 5.86. The monoisotopic (exact) mass is 246 g/mol. The van der Waals surface area contributed by atoms with E-state index < -0.39 is 0 Å². The van der Waals surface area contributed by atoms with E-state index in [1.54, 1.807) is 12.1 Å². The first-order valence-corrected chi connectivity index (χ1v) is 5.86. The fraction of sp³-hybridized carbons (Fsp3) is 0.214. The predicted molar refractivity (Wildman–Crippen MR) is 67.5 cm³/mol. The van der Waals surface area contributed by atoms with Gasteiger partial charge in [-0.2, -0.15) is 0 Å². The Hall–Kier alpha value is -2.10. The molecule has 4 heteroatoms. The van der Waals surface area contributed by atoms with Gasteiger partial charge in [-0.1, -0.05) is 12.1 Å². The lowest BCUT2D eigenvalue weighted by Crippen LogP contribution is -2.28. The Bertz CT molecular complexity index is 508. The maximum absolute atomic E-state index is 12.9. The molecule has 1 aromatic heterocycles. The smallest absolute Gasteiger partial charge is 0.224 e. The van der Waals surface area contributed by atoms with Gasteiger partial charge in [-0.05, 0) is 29.8 Å². The molecule has 0 saturated carbocycles. The van der Waals surface area contributed by atoms with E-state index in [9.17, 15) is 9.18 Å². The van der Waals surface area contributed by atoms with Gasteiger partial charge in [-0.3, -0.25) is 4.79 Å². The molecule has 0 fully saturated rings. The number of benzene rings is 1. The molecule has 2 aromatic rings. The standard InChI is InChI=1S/C14H15FN2O/c15-13-5-3-4-12(10-13)11-14(18)16-6-9-17-7-1-2-8-17/h1-5,7-8,10H,6,9,11H2,(H,16,18). The van der Waals surface area contributed by atoms with Gasteiger partial charge in [0.2, 0.25) is 5.91 Å². The van der Waals surface area contributed by atoms with Crippen molar-refractivity contribution < 1.29 is 9.18 Å². The minimum atomic E-state index is -0.312. The SMILES string of the molecule is O=C(Cc1cccc(F)c1)NCCn1cccc1. The van der Waals surface area contributed by atoms with E-state index >= 15 is 0 Å². The van der Waals surface area contributed by atoms with E-state index in [1.807, 2.05) is 29.1 Å². The third-order valence-corrected chi connectivity index (χ3v) is 2.61. The van der Waals surface area contributed by atoms with E-state index in [1.165, 1.54) is 12.1 Å². The molecule has 1 N–H and O–H groups in total. The predicted octanol–water partition coefficient (Wildman–Crippen LogP) is 1.99. The van der Waals surface area contributed by atoms with Crippen LogP contribution >= 0.6 is 0 Å². The van der Waals surface area contributed by atoms with Crippen molar-refractivity contribution in [2.75, 3.05) is 6.54 Å².